The molecule has 0 N–H and O–H groups in total. The predicted molar refractivity (Wildman–Crippen MR) is 77.3 cm³/mol. The maximum atomic E-state index is 11.0. The molecular weight excluding hydrogens is 234 g/mol. The van der Waals surface area contributed by atoms with Gasteiger partial charge in [0.2, 0.25) is 0 Å². The predicted octanol–water partition coefficient (Wildman–Crippen LogP) is 3.79. The molecular formula is C17H19NO. The Labute approximate surface area is 114 Å². The smallest absolute Gasteiger partial charge is 0.151 e. The summed E-state index contributed by atoms with van der Waals surface area (Å²) in [5.74, 6) is 0. The van der Waals surface area contributed by atoms with E-state index in [9.17, 15) is 4.79 Å². The molecule has 0 unspecified atom stereocenters. The fraction of sp³-hybridized carbons (Fsp3) is 0.353. The fourth-order valence-electron chi connectivity index (χ4n) is 3.16. The van der Waals surface area contributed by atoms with Crippen LogP contribution in [0, 0.1) is 13.8 Å². The van der Waals surface area contributed by atoms with Crippen LogP contribution in [0.1, 0.15) is 45.7 Å². The SMILES string of the molecule is Cc1cc(C=O)c(C)n1-c1ccc2c(c1)CCCC2. The average Bonchev–Trinajstić information content (AvgIpc) is 2.73. The summed E-state index contributed by atoms with van der Waals surface area (Å²) in [6, 6.07) is 8.69. The molecule has 3 rings (SSSR count). The molecule has 0 amide bonds. The van der Waals surface area contributed by atoms with Crippen LogP contribution in [0.3, 0.4) is 0 Å². The van der Waals surface area contributed by atoms with Crippen LogP contribution in [0.25, 0.3) is 5.69 Å². The molecule has 19 heavy (non-hydrogen) atoms. The van der Waals surface area contributed by atoms with Crippen LogP contribution in [0.4, 0.5) is 0 Å². The number of rotatable bonds is 2. The van der Waals surface area contributed by atoms with Crippen molar-refractivity contribution in [3.05, 3.63) is 52.3 Å². The monoisotopic (exact) mass is 253 g/mol. The van der Waals surface area contributed by atoms with Gasteiger partial charge in [-0.3, -0.25) is 4.79 Å². The van der Waals surface area contributed by atoms with Crippen molar-refractivity contribution in [3.8, 4) is 5.69 Å². The normalized spacial score (nSPS) is 14.2. The Hall–Kier alpha value is -1.83. The number of benzene rings is 1. The Morgan fingerprint density at radius 1 is 1.05 bits per heavy atom. The highest BCUT2D eigenvalue weighted by Gasteiger charge is 2.13. The van der Waals surface area contributed by atoms with Crippen molar-refractivity contribution in [2.45, 2.75) is 39.5 Å². The summed E-state index contributed by atoms with van der Waals surface area (Å²) in [7, 11) is 0. The lowest BCUT2D eigenvalue weighted by Gasteiger charge is -2.18. The summed E-state index contributed by atoms with van der Waals surface area (Å²) in [6.45, 7) is 4.07. The van der Waals surface area contributed by atoms with Gasteiger partial charge < -0.3 is 4.57 Å². The van der Waals surface area contributed by atoms with E-state index in [0.29, 0.717) is 0 Å². The van der Waals surface area contributed by atoms with E-state index < -0.39 is 0 Å². The highest BCUT2D eigenvalue weighted by Crippen LogP contribution is 2.26. The van der Waals surface area contributed by atoms with Crippen LogP contribution in [-0.2, 0) is 12.8 Å². The molecule has 0 fully saturated rings. The quantitative estimate of drug-likeness (QED) is 0.746. The minimum absolute atomic E-state index is 0.787. The maximum absolute atomic E-state index is 11.0. The van der Waals surface area contributed by atoms with Crippen molar-refractivity contribution < 1.29 is 4.79 Å². The Kier molecular flexibility index (Phi) is 3.02. The number of aryl methyl sites for hydroxylation is 3. The number of fused-ring (bicyclic) bond motifs is 1. The lowest BCUT2D eigenvalue weighted by molar-refractivity contribution is 0.112. The van der Waals surface area contributed by atoms with Gasteiger partial charge in [-0.25, -0.2) is 0 Å². The molecule has 0 bridgehead atoms. The molecule has 98 valence electrons. The van der Waals surface area contributed by atoms with Gasteiger partial charge in [0.15, 0.2) is 6.29 Å². The van der Waals surface area contributed by atoms with Crippen LogP contribution in [0.2, 0.25) is 0 Å². The second-order valence-corrected chi connectivity index (χ2v) is 5.44. The van der Waals surface area contributed by atoms with Gasteiger partial charge in [0.25, 0.3) is 0 Å². The van der Waals surface area contributed by atoms with Crippen LogP contribution in [0.5, 0.6) is 0 Å². The van der Waals surface area contributed by atoms with Crippen molar-refractivity contribution in [1.29, 1.82) is 0 Å². The van der Waals surface area contributed by atoms with Gasteiger partial charge in [0.1, 0.15) is 0 Å². The number of carbonyl (C=O) groups is 1. The number of aldehydes is 1. The maximum Gasteiger partial charge on any atom is 0.151 e. The van der Waals surface area contributed by atoms with Gasteiger partial charge in [0, 0.05) is 22.6 Å². The molecule has 0 saturated carbocycles. The van der Waals surface area contributed by atoms with Gasteiger partial charge in [-0.05, 0) is 68.9 Å². The molecule has 0 atom stereocenters. The summed E-state index contributed by atoms with van der Waals surface area (Å²) < 4.78 is 2.18. The fourth-order valence-corrected chi connectivity index (χ4v) is 3.16. The Bertz CT molecular complexity index is 637. The Morgan fingerprint density at radius 3 is 2.47 bits per heavy atom. The van der Waals surface area contributed by atoms with E-state index >= 15 is 0 Å². The molecule has 0 spiro atoms. The lowest BCUT2D eigenvalue weighted by Crippen LogP contribution is -2.06. The number of aromatic nitrogens is 1. The molecule has 1 heterocycles. The highest BCUT2D eigenvalue weighted by molar-refractivity contribution is 5.77. The molecule has 2 heteroatoms. The average molecular weight is 253 g/mol. The van der Waals surface area contributed by atoms with E-state index in [4.69, 9.17) is 0 Å². The zero-order chi connectivity index (χ0) is 13.4. The van der Waals surface area contributed by atoms with Gasteiger partial charge in [-0.15, -0.1) is 0 Å². The van der Waals surface area contributed by atoms with E-state index in [1.165, 1.54) is 42.5 Å². The van der Waals surface area contributed by atoms with Crippen LogP contribution >= 0.6 is 0 Å². The number of nitrogens with zero attached hydrogens (tertiary/aromatic N) is 1. The van der Waals surface area contributed by atoms with E-state index in [-0.39, 0.29) is 0 Å². The van der Waals surface area contributed by atoms with E-state index in [2.05, 4.69) is 29.7 Å². The van der Waals surface area contributed by atoms with Gasteiger partial charge >= 0.3 is 0 Å². The lowest BCUT2D eigenvalue weighted by atomic mass is 9.91. The first kappa shape index (κ1) is 12.2. The minimum atomic E-state index is 0.787. The van der Waals surface area contributed by atoms with Crippen molar-refractivity contribution >= 4 is 6.29 Å². The third-order valence-electron chi connectivity index (χ3n) is 4.19. The topological polar surface area (TPSA) is 22.0 Å². The summed E-state index contributed by atoms with van der Waals surface area (Å²) in [6.07, 6.45) is 5.93. The molecule has 1 aromatic heterocycles. The molecule has 1 aromatic carbocycles. The summed E-state index contributed by atoms with van der Waals surface area (Å²) >= 11 is 0. The molecule has 2 nitrogen and oxygen atoms in total. The summed E-state index contributed by atoms with van der Waals surface area (Å²) in [5, 5.41) is 0. The zero-order valence-electron chi connectivity index (χ0n) is 11.6. The van der Waals surface area contributed by atoms with Crippen molar-refractivity contribution in [2.75, 3.05) is 0 Å². The van der Waals surface area contributed by atoms with E-state index in [1.807, 2.05) is 13.0 Å². The first-order valence-corrected chi connectivity index (χ1v) is 6.97. The van der Waals surface area contributed by atoms with Crippen molar-refractivity contribution in [3.63, 3.8) is 0 Å². The second-order valence-electron chi connectivity index (χ2n) is 5.44. The van der Waals surface area contributed by atoms with Crippen molar-refractivity contribution in [2.24, 2.45) is 0 Å². The van der Waals surface area contributed by atoms with Crippen LogP contribution in [-0.4, -0.2) is 10.9 Å². The first-order chi connectivity index (χ1) is 9.20. The molecule has 0 saturated heterocycles. The largest absolute Gasteiger partial charge is 0.318 e. The molecule has 2 aromatic rings. The molecule has 1 aliphatic carbocycles. The van der Waals surface area contributed by atoms with E-state index in [0.717, 1.165) is 23.2 Å². The molecule has 0 aliphatic heterocycles. The number of hydrogen-bond acceptors (Lipinski definition) is 1. The minimum Gasteiger partial charge on any atom is -0.318 e. The summed E-state index contributed by atoms with van der Waals surface area (Å²) in [5.41, 5.74) is 7.09. The standard InChI is InChI=1S/C17H19NO/c1-12-9-16(11-19)13(2)18(12)17-8-7-14-5-3-4-6-15(14)10-17/h7-11H,3-6H2,1-2H3. The number of hydrogen-bond donors (Lipinski definition) is 0. The highest BCUT2D eigenvalue weighted by atomic mass is 16.1. The third-order valence-corrected chi connectivity index (χ3v) is 4.19. The molecule has 1 aliphatic rings. The second kappa shape index (κ2) is 4.69. The Balaban J connectivity index is 2.12. The zero-order valence-corrected chi connectivity index (χ0v) is 11.6. The molecule has 0 radical (unpaired) electrons. The van der Waals surface area contributed by atoms with E-state index in [1.54, 1.807) is 0 Å². The van der Waals surface area contributed by atoms with Gasteiger partial charge in [-0.2, -0.15) is 0 Å². The Morgan fingerprint density at radius 2 is 1.79 bits per heavy atom. The summed E-state index contributed by atoms with van der Waals surface area (Å²) in [4.78, 5) is 11.0. The van der Waals surface area contributed by atoms with Gasteiger partial charge in [0.05, 0.1) is 0 Å². The first-order valence-electron chi connectivity index (χ1n) is 6.97. The van der Waals surface area contributed by atoms with Crippen molar-refractivity contribution in [1.82, 2.24) is 4.57 Å². The van der Waals surface area contributed by atoms with Crippen LogP contribution in [0.15, 0.2) is 24.3 Å². The van der Waals surface area contributed by atoms with Crippen LogP contribution < -0.4 is 0 Å². The number of carbonyl (C=O) groups excluding carboxylic acids is 1. The van der Waals surface area contributed by atoms with Gasteiger partial charge in [-0.1, -0.05) is 6.07 Å². The third kappa shape index (κ3) is 2.01.